The topological polar surface area (TPSA) is 64.4 Å². The van der Waals surface area contributed by atoms with Gasteiger partial charge in [0.1, 0.15) is 5.82 Å². The lowest BCUT2D eigenvalue weighted by Gasteiger charge is -2.42. The van der Waals surface area contributed by atoms with E-state index in [-0.39, 0.29) is 23.3 Å². The van der Waals surface area contributed by atoms with Crippen LogP contribution in [0.25, 0.3) is 0 Å². The molecule has 1 saturated heterocycles. The first-order chi connectivity index (χ1) is 12.8. The Labute approximate surface area is 154 Å². The number of amides is 1. The van der Waals surface area contributed by atoms with E-state index in [0.29, 0.717) is 19.4 Å². The van der Waals surface area contributed by atoms with Gasteiger partial charge in [-0.1, -0.05) is 25.1 Å². The number of rotatable bonds is 5. The maximum Gasteiger partial charge on any atom is 0.288 e. The quantitative estimate of drug-likeness (QED) is 0.841. The standard InChI is InChI=1S/C19H21F3N2O3/c1-11(13-4-3-5-14(16(13)20)17(21)22)19(2)8-12(6-7-27-19)24-18(25)15-9-23-10-26-15/h3-5,9-12,17H,6-8H2,1-2H3,(H,24,25)/t11-,12-,19-/m1/s1. The molecular weight excluding hydrogens is 361 g/mol. The summed E-state index contributed by atoms with van der Waals surface area (Å²) in [5.41, 5.74) is -1.26. The molecule has 1 aromatic carbocycles. The fraction of sp³-hybridized carbons (Fsp3) is 0.474. The Balaban J connectivity index is 1.77. The molecule has 146 valence electrons. The second kappa shape index (κ2) is 7.72. The largest absolute Gasteiger partial charge is 0.438 e. The molecule has 0 spiro atoms. The first-order valence-electron chi connectivity index (χ1n) is 8.71. The summed E-state index contributed by atoms with van der Waals surface area (Å²) < 4.78 is 51.5. The van der Waals surface area contributed by atoms with Gasteiger partial charge in [0.2, 0.25) is 5.76 Å². The van der Waals surface area contributed by atoms with Gasteiger partial charge >= 0.3 is 0 Å². The van der Waals surface area contributed by atoms with Crippen molar-refractivity contribution in [1.29, 1.82) is 0 Å². The zero-order valence-electron chi connectivity index (χ0n) is 15.0. The monoisotopic (exact) mass is 382 g/mol. The summed E-state index contributed by atoms with van der Waals surface area (Å²) in [7, 11) is 0. The number of nitrogens with zero attached hydrogens (tertiary/aromatic N) is 1. The van der Waals surface area contributed by atoms with E-state index in [1.54, 1.807) is 13.8 Å². The highest BCUT2D eigenvalue weighted by Gasteiger charge is 2.40. The van der Waals surface area contributed by atoms with Crippen LogP contribution in [0.2, 0.25) is 0 Å². The van der Waals surface area contributed by atoms with Crippen molar-refractivity contribution in [3.05, 3.63) is 53.5 Å². The van der Waals surface area contributed by atoms with Crippen LogP contribution in [-0.2, 0) is 4.74 Å². The molecule has 0 unspecified atom stereocenters. The van der Waals surface area contributed by atoms with Crippen molar-refractivity contribution in [2.45, 2.75) is 50.7 Å². The van der Waals surface area contributed by atoms with Gasteiger partial charge < -0.3 is 14.5 Å². The van der Waals surface area contributed by atoms with E-state index in [2.05, 4.69) is 10.3 Å². The van der Waals surface area contributed by atoms with Crippen LogP contribution in [0.15, 0.2) is 35.2 Å². The minimum absolute atomic E-state index is 0.104. The van der Waals surface area contributed by atoms with Gasteiger partial charge in [-0.15, -0.1) is 0 Å². The Morgan fingerprint density at radius 3 is 2.78 bits per heavy atom. The Morgan fingerprint density at radius 2 is 2.11 bits per heavy atom. The molecule has 1 aliphatic rings. The molecule has 5 nitrogen and oxygen atoms in total. The first-order valence-corrected chi connectivity index (χ1v) is 8.71. The maximum atomic E-state index is 14.6. The third-order valence-corrected chi connectivity index (χ3v) is 5.22. The van der Waals surface area contributed by atoms with Crippen molar-refractivity contribution >= 4 is 5.91 Å². The van der Waals surface area contributed by atoms with E-state index < -0.39 is 29.3 Å². The molecule has 0 radical (unpaired) electrons. The van der Waals surface area contributed by atoms with Gasteiger partial charge in [-0.05, 0) is 25.3 Å². The summed E-state index contributed by atoms with van der Waals surface area (Å²) in [6.07, 6.45) is 0.603. The Morgan fingerprint density at radius 1 is 1.37 bits per heavy atom. The molecule has 3 rings (SSSR count). The van der Waals surface area contributed by atoms with Crippen molar-refractivity contribution in [2.24, 2.45) is 0 Å². The van der Waals surface area contributed by atoms with E-state index in [1.165, 1.54) is 24.7 Å². The molecule has 1 aliphatic heterocycles. The van der Waals surface area contributed by atoms with Gasteiger partial charge in [0.15, 0.2) is 6.39 Å². The number of hydrogen-bond donors (Lipinski definition) is 1. The van der Waals surface area contributed by atoms with E-state index in [1.807, 2.05) is 0 Å². The molecule has 1 fully saturated rings. The number of ether oxygens (including phenoxy) is 1. The smallest absolute Gasteiger partial charge is 0.288 e. The van der Waals surface area contributed by atoms with Crippen molar-refractivity contribution in [3.8, 4) is 0 Å². The molecule has 1 amide bonds. The van der Waals surface area contributed by atoms with Gasteiger partial charge in [-0.2, -0.15) is 0 Å². The number of nitrogens with one attached hydrogen (secondary N) is 1. The lowest BCUT2D eigenvalue weighted by Crippen LogP contribution is -2.49. The van der Waals surface area contributed by atoms with Crippen LogP contribution >= 0.6 is 0 Å². The summed E-state index contributed by atoms with van der Waals surface area (Å²) in [5, 5.41) is 2.86. The second-order valence-corrected chi connectivity index (χ2v) is 6.96. The second-order valence-electron chi connectivity index (χ2n) is 6.96. The van der Waals surface area contributed by atoms with Gasteiger partial charge in [-0.25, -0.2) is 18.2 Å². The SMILES string of the molecule is C[C@H](c1cccc(C(F)F)c1F)[C@@]1(C)C[C@H](NC(=O)c2cnco2)CCO1. The highest BCUT2D eigenvalue weighted by molar-refractivity contribution is 5.91. The minimum Gasteiger partial charge on any atom is -0.438 e. The molecule has 1 N–H and O–H groups in total. The van der Waals surface area contributed by atoms with Crippen LogP contribution in [-0.4, -0.2) is 29.1 Å². The van der Waals surface area contributed by atoms with Gasteiger partial charge in [0.05, 0.1) is 17.4 Å². The van der Waals surface area contributed by atoms with E-state index in [4.69, 9.17) is 9.15 Å². The average Bonchev–Trinajstić information content (AvgIpc) is 3.16. The highest BCUT2D eigenvalue weighted by atomic mass is 19.3. The molecule has 0 bridgehead atoms. The summed E-state index contributed by atoms with van der Waals surface area (Å²) >= 11 is 0. The molecule has 0 saturated carbocycles. The van der Waals surface area contributed by atoms with E-state index in [9.17, 15) is 18.0 Å². The first kappa shape index (κ1) is 19.4. The third-order valence-electron chi connectivity index (χ3n) is 5.22. The molecule has 8 heteroatoms. The number of benzene rings is 1. The van der Waals surface area contributed by atoms with Gasteiger partial charge in [0.25, 0.3) is 12.3 Å². The molecule has 0 aliphatic carbocycles. The van der Waals surface area contributed by atoms with E-state index in [0.717, 1.165) is 6.07 Å². The zero-order valence-corrected chi connectivity index (χ0v) is 15.0. The van der Waals surface area contributed by atoms with Crippen molar-refractivity contribution in [3.63, 3.8) is 0 Å². The van der Waals surface area contributed by atoms with Crippen LogP contribution < -0.4 is 5.32 Å². The molecule has 1 aromatic heterocycles. The van der Waals surface area contributed by atoms with E-state index >= 15 is 0 Å². The van der Waals surface area contributed by atoms with Crippen LogP contribution in [0.4, 0.5) is 13.2 Å². The van der Waals surface area contributed by atoms with Crippen LogP contribution in [0.3, 0.4) is 0 Å². The summed E-state index contributed by atoms with van der Waals surface area (Å²) in [6.45, 7) is 3.91. The minimum atomic E-state index is -2.88. The Kier molecular flexibility index (Phi) is 5.55. The normalized spacial score (nSPS) is 24.0. The summed E-state index contributed by atoms with van der Waals surface area (Å²) in [5.74, 6) is -1.67. The fourth-order valence-corrected chi connectivity index (χ4v) is 3.49. The molecule has 27 heavy (non-hydrogen) atoms. The van der Waals surface area contributed by atoms with Crippen LogP contribution in [0.1, 0.15) is 60.7 Å². The lowest BCUT2D eigenvalue weighted by molar-refractivity contribution is -0.0893. The van der Waals surface area contributed by atoms with Crippen LogP contribution in [0, 0.1) is 5.82 Å². The van der Waals surface area contributed by atoms with Crippen molar-refractivity contribution in [2.75, 3.05) is 6.61 Å². The summed E-state index contributed by atoms with van der Waals surface area (Å²) in [4.78, 5) is 15.9. The number of hydrogen-bond acceptors (Lipinski definition) is 4. The maximum absolute atomic E-state index is 14.6. The van der Waals surface area contributed by atoms with Gasteiger partial charge in [-0.3, -0.25) is 4.79 Å². The Bertz CT molecular complexity index is 798. The predicted molar refractivity (Wildman–Crippen MR) is 91.1 cm³/mol. The molecule has 2 aromatic rings. The number of alkyl halides is 2. The highest BCUT2D eigenvalue weighted by Crippen LogP contribution is 2.40. The number of aromatic nitrogens is 1. The average molecular weight is 382 g/mol. The van der Waals surface area contributed by atoms with Crippen LogP contribution in [0.5, 0.6) is 0 Å². The van der Waals surface area contributed by atoms with Crippen molar-refractivity contribution < 1.29 is 27.1 Å². The Hall–Kier alpha value is -2.35. The molecule has 2 heterocycles. The lowest BCUT2D eigenvalue weighted by atomic mass is 9.78. The number of carbonyl (C=O) groups is 1. The fourth-order valence-electron chi connectivity index (χ4n) is 3.49. The van der Waals surface area contributed by atoms with Gasteiger partial charge in [0, 0.05) is 18.6 Å². The number of oxazole rings is 1. The third kappa shape index (κ3) is 4.00. The van der Waals surface area contributed by atoms with Crippen molar-refractivity contribution in [1.82, 2.24) is 10.3 Å². The predicted octanol–water partition coefficient (Wildman–Crippen LogP) is 4.22. The molecule has 3 atom stereocenters. The molecular formula is C19H21F3N2O3. The summed E-state index contributed by atoms with van der Waals surface area (Å²) in [6, 6.07) is 3.79. The number of halogens is 3. The zero-order chi connectivity index (χ0) is 19.6. The number of carbonyl (C=O) groups excluding carboxylic acids is 1.